The Morgan fingerprint density at radius 1 is 0.800 bits per heavy atom. The summed E-state index contributed by atoms with van der Waals surface area (Å²) in [5, 5.41) is 0. The van der Waals surface area contributed by atoms with Gasteiger partial charge in [0.2, 0.25) is 0 Å². The van der Waals surface area contributed by atoms with E-state index in [2.05, 4.69) is 0 Å². The SMILES string of the molecule is CC.[H-].[H-].[H-].[Na+].[Na+].[Na+]. The largest absolute Gasteiger partial charge is 1.00 e. The fourth-order valence-corrected chi connectivity index (χ4v) is 0. The molecule has 0 radical (unpaired) electrons. The first-order valence-electron chi connectivity index (χ1n) is 1.00. The molecule has 0 N–H and O–H groups in total. The van der Waals surface area contributed by atoms with E-state index in [9.17, 15) is 0 Å². The quantitative estimate of drug-likeness (QED) is 0.266. The van der Waals surface area contributed by atoms with Crippen molar-refractivity contribution in [2.75, 3.05) is 0 Å². The first-order chi connectivity index (χ1) is 1.00. The van der Waals surface area contributed by atoms with Crippen molar-refractivity contribution >= 4 is 0 Å². The van der Waals surface area contributed by atoms with Crippen LogP contribution in [0.2, 0.25) is 0 Å². The summed E-state index contributed by atoms with van der Waals surface area (Å²) in [6.45, 7) is 4.00. The van der Waals surface area contributed by atoms with Gasteiger partial charge < -0.3 is 4.28 Å². The van der Waals surface area contributed by atoms with Crippen molar-refractivity contribution in [3.8, 4) is 0 Å². The summed E-state index contributed by atoms with van der Waals surface area (Å²) >= 11 is 0. The molecule has 0 aliphatic carbocycles. The van der Waals surface area contributed by atoms with Gasteiger partial charge in [0.05, 0.1) is 0 Å². The molecule has 0 heterocycles. The van der Waals surface area contributed by atoms with Crippen LogP contribution in [0.1, 0.15) is 18.1 Å². The van der Waals surface area contributed by atoms with Crippen LogP contribution in [0.3, 0.4) is 0 Å². The Hall–Kier alpha value is 3.00. The van der Waals surface area contributed by atoms with Crippen LogP contribution in [0, 0.1) is 0 Å². The fourth-order valence-electron chi connectivity index (χ4n) is 0. The molecule has 0 saturated carbocycles. The van der Waals surface area contributed by atoms with Gasteiger partial charge in [0, 0.05) is 0 Å². The zero-order chi connectivity index (χ0) is 2.00. The molecule has 0 aromatic rings. The Morgan fingerprint density at radius 3 is 0.800 bits per heavy atom. The number of hydrogen-bond acceptors (Lipinski definition) is 0. The van der Waals surface area contributed by atoms with E-state index in [1.165, 1.54) is 0 Å². The number of rotatable bonds is 0. The molecular weight excluding hydrogens is 93.0 g/mol. The molecule has 5 heavy (non-hydrogen) atoms. The van der Waals surface area contributed by atoms with Crippen LogP contribution in [0.25, 0.3) is 0 Å². The maximum absolute atomic E-state index is 2.00. The summed E-state index contributed by atoms with van der Waals surface area (Å²) in [5.74, 6) is 0. The molecule has 0 bridgehead atoms. The molecule has 3 heteroatoms. The third kappa shape index (κ3) is 19.4. The summed E-state index contributed by atoms with van der Waals surface area (Å²) in [5.41, 5.74) is 0. The van der Waals surface area contributed by atoms with Gasteiger partial charge in [-0.15, -0.1) is 0 Å². The normalized spacial score (nSPS) is 1.20. The monoisotopic (exact) mass is 102 g/mol. The summed E-state index contributed by atoms with van der Waals surface area (Å²) in [7, 11) is 0. The van der Waals surface area contributed by atoms with Crippen molar-refractivity contribution in [3.05, 3.63) is 0 Å². The molecular formula is C2H9Na3. The third-order valence-corrected chi connectivity index (χ3v) is 0. The van der Waals surface area contributed by atoms with Gasteiger partial charge in [-0.05, 0) is 0 Å². The average molecular weight is 102 g/mol. The topological polar surface area (TPSA) is 0 Å². The molecule has 0 aromatic heterocycles. The average Bonchev–Trinajstić information content (AvgIpc) is 1.00. The molecule has 0 aliphatic heterocycles. The first-order valence-corrected chi connectivity index (χ1v) is 1.00. The molecule has 0 aliphatic rings. The Bertz CT molecular complexity index is 12.5. The van der Waals surface area contributed by atoms with Gasteiger partial charge in [-0.2, -0.15) is 0 Å². The third-order valence-electron chi connectivity index (χ3n) is 0. The Morgan fingerprint density at radius 2 is 0.800 bits per heavy atom. The van der Waals surface area contributed by atoms with Crippen LogP contribution < -0.4 is 88.7 Å². The minimum atomic E-state index is 0. The maximum Gasteiger partial charge on any atom is 1.00 e. The molecule has 0 unspecified atom stereocenters. The summed E-state index contributed by atoms with van der Waals surface area (Å²) in [6, 6.07) is 0. The Balaban J connectivity index is -0.000000000333. The van der Waals surface area contributed by atoms with Crippen molar-refractivity contribution in [2.24, 2.45) is 0 Å². The van der Waals surface area contributed by atoms with Crippen molar-refractivity contribution in [3.63, 3.8) is 0 Å². The minimum Gasteiger partial charge on any atom is -1.00 e. The van der Waals surface area contributed by atoms with E-state index < -0.39 is 0 Å². The second-order valence-electron chi connectivity index (χ2n) is 0. The Labute approximate surface area is 105 Å². The van der Waals surface area contributed by atoms with Crippen LogP contribution >= 0.6 is 0 Å². The maximum atomic E-state index is 2.00. The van der Waals surface area contributed by atoms with Gasteiger partial charge in [-0.1, -0.05) is 13.8 Å². The molecule has 0 saturated heterocycles. The van der Waals surface area contributed by atoms with Gasteiger partial charge in [0.25, 0.3) is 0 Å². The van der Waals surface area contributed by atoms with Crippen LogP contribution in [-0.4, -0.2) is 0 Å². The van der Waals surface area contributed by atoms with Gasteiger partial charge in [0.15, 0.2) is 0 Å². The van der Waals surface area contributed by atoms with E-state index in [0.29, 0.717) is 0 Å². The molecule has 20 valence electrons. The molecule has 0 nitrogen and oxygen atoms in total. The van der Waals surface area contributed by atoms with E-state index in [1.54, 1.807) is 0 Å². The minimum absolute atomic E-state index is 0. The standard InChI is InChI=1S/C2H6.3Na.3H/c1-2;;;;;;/h1-2H3;;;;;;/q;3*+1;3*-1. The molecule has 0 aromatic carbocycles. The first kappa shape index (κ1) is 24.5. The summed E-state index contributed by atoms with van der Waals surface area (Å²) in [6.07, 6.45) is 0. The zero-order valence-electron chi connectivity index (χ0n) is 8.00. The van der Waals surface area contributed by atoms with Crippen molar-refractivity contribution < 1.29 is 93.0 Å². The zero-order valence-corrected chi connectivity index (χ0v) is 11.0. The van der Waals surface area contributed by atoms with Gasteiger partial charge in [-0.25, -0.2) is 0 Å². The van der Waals surface area contributed by atoms with Crippen LogP contribution in [0.4, 0.5) is 0 Å². The molecule has 0 spiro atoms. The molecule has 0 atom stereocenters. The van der Waals surface area contributed by atoms with Crippen LogP contribution in [0.15, 0.2) is 0 Å². The van der Waals surface area contributed by atoms with Gasteiger partial charge in [-0.3, -0.25) is 0 Å². The van der Waals surface area contributed by atoms with E-state index in [0.717, 1.165) is 0 Å². The fraction of sp³-hybridized carbons (Fsp3) is 1.00. The van der Waals surface area contributed by atoms with Gasteiger partial charge in [0.1, 0.15) is 0 Å². The van der Waals surface area contributed by atoms with Crippen molar-refractivity contribution in [1.82, 2.24) is 0 Å². The van der Waals surface area contributed by atoms with E-state index in [1.807, 2.05) is 13.8 Å². The van der Waals surface area contributed by atoms with Crippen molar-refractivity contribution in [1.29, 1.82) is 0 Å². The second-order valence-corrected chi connectivity index (χ2v) is 0. The van der Waals surface area contributed by atoms with Crippen molar-refractivity contribution in [2.45, 2.75) is 13.8 Å². The van der Waals surface area contributed by atoms with Gasteiger partial charge >= 0.3 is 88.7 Å². The van der Waals surface area contributed by atoms with E-state index in [-0.39, 0.29) is 93.0 Å². The number of hydrogen-bond donors (Lipinski definition) is 0. The summed E-state index contributed by atoms with van der Waals surface area (Å²) in [4.78, 5) is 0. The Kier molecular flexibility index (Phi) is 137. The van der Waals surface area contributed by atoms with E-state index >= 15 is 0 Å². The molecule has 0 amide bonds. The van der Waals surface area contributed by atoms with E-state index in [4.69, 9.17) is 0 Å². The molecule has 0 rings (SSSR count). The summed E-state index contributed by atoms with van der Waals surface area (Å²) < 4.78 is 0. The predicted octanol–water partition coefficient (Wildman–Crippen LogP) is -7.62. The second kappa shape index (κ2) is 28.0. The van der Waals surface area contributed by atoms with Crippen LogP contribution in [0.5, 0.6) is 0 Å². The molecule has 0 fully saturated rings. The predicted molar refractivity (Wildman–Crippen MR) is 14.7 cm³/mol. The van der Waals surface area contributed by atoms with Crippen LogP contribution in [-0.2, 0) is 0 Å². The smallest absolute Gasteiger partial charge is 1.00 e.